The third-order valence-corrected chi connectivity index (χ3v) is 5.72. The second-order valence-corrected chi connectivity index (χ2v) is 8.74. The van der Waals surface area contributed by atoms with Crippen LogP contribution >= 0.6 is 0 Å². The quantitative estimate of drug-likeness (QED) is 0.176. The monoisotopic (exact) mass is 561 g/mol. The Morgan fingerprint density at radius 2 is 1.48 bits per heavy atom. The number of methoxy groups -OCH3 is 4. The molecule has 0 heterocycles. The van der Waals surface area contributed by atoms with Crippen molar-refractivity contribution in [3.05, 3.63) is 47.0 Å². The van der Waals surface area contributed by atoms with Crippen LogP contribution in [0.2, 0.25) is 0 Å². The van der Waals surface area contributed by atoms with E-state index < -0.39 is 42.3 Å². The first kappa shape index (κ1) is 32.1. The van der Waals surface area contributed by atoms with E-state index in [2.05, 4.69) is 5.32 Å². The number of alkyl carbamates (subject to hydrolysis) is 1. The molecule has 1 amide bonds. The average Bonchev–Trinajstić information content (AvgIpc) is 2.94. The highest BCUT2D eigenvalue weighted by molar-refractivity contribution is 6.25. The maximum absolute atomic E-state index is 13.7. The number of carbonyl (C=O) groups excluding carboxylic acids is 4. The molecule has 0 saturated carbocycles. The van der Waals surface area contributed by atoms with Crippen molar-refractivity contribution in [2.45, 2.75) is 45.1 Å². The molecular weight excluding hydrogens is 526 g/mol. The molecule has 0 radical (unpaired) electrons. The lowest BCUT2D eigenvalue weighted by Crippen LogP contribution is -2.44. The third kappa shape index (κ3) is 7.93. The number of aliphatic hydroxyl groups is 1. The average molecular weight is 562 g/mol. The highest BCUT2D eigenvalue weighted by Crippen LogP contribution is 2.52. The molecule has 0 aromatic heterocycles. The van der Waals surface area contributed by atoms with Crippen molar-refractivity contribution < 1.29 is 52.7 Å². The molecular formula is C28H35NO11. The number of nitrogens with one attached hydrogen (secondary N) is 1. The van der Waals surface area contributed by atoms with Gasteiger partial charge in [-0.15, -0.1) is 0 Å². The number of amides is 1. The van der Waals surface area contributed by atoms with Crippen LogP contribution in [0.5, 0.6) is 23.0 Å². The molecule has 40 heavy (non-hydrogen) atoms. The Hall–Kier alpha value is -4.16. The largest absolute Gasteiger partial charge is 0.492 e. The van der Waals surface area contributed by atoms with E-state index in [-0.39, 0.29) is 53.6 Å². The molecule has 218 valence electrons. The van der Waals surface area contributed by atoms with Gasteiger partial charge in [0.2, 0.25) is 11.5 Å². The van der Waals surface area contributed by atoms with E-state index in [0.29, 0.717) is 0 Å². The van der Waals surface area contributed by atoms with Crippen molar-refractivity contribution in [3.63, 3.8) is 0 Å². The van der Waals surface area contributed by atoms with E-state index in [4.69, 9.17) is 28.4 Å². The number of aliphatic hydroxyl groups excluding tert-OH is 1. The summed E-state index contributed by atoms with van der Waals surface area (Å²) in [5.41, 5.74) is 0.928. The fourth-order valence-electron chi connectivity index (χ4n) is 4.07. The summed E-state index contributed by atoms with van der Waals surface area (Å²) < 4.78 is 33.0. The molecule has 0 saturated heterocycles. The molecule has 0 spiro atoms. The van der Waals surface area contributed by atoms with Crippen molar-refractivity contribution in [1.82, 2.24) is 5.32 Å². The lowest BCUT2D eigenvalue weighted by Gasteiger charge is -2.28. The second kappa shape index (κ2) is 15.4. The molecule has 0 aliphatic heterocycles. The predicted octanol–water partition coefficient (Wildman–Crippen LogP) is 2.35. The predicted molar refractivity (Wildman–Crippen MR) is 142 cm³/mol. The zero-order valence-electron chi connectivity index (χ0n) is 23.3. The van der Waals surface area contributed by atoms with E-state index >= 15 is 0 Å². The Balaban J connectivity index is 2.73. The summed E-state index contributed by atoms with van der Waals surface area (Å²) in [4.78, 5) is 49.5. The SMILES string of the molecule is COc1c(CC(=O)C=O)c([C@H](COCc2ccccc2)C(=O)C(O)NC(=O)OC(C)C)c(OC)c(OC)c1OC. The van der Waals surface area contributed by atoms with Gasteiger partial charge in [0.05, 0.1) is 53.7 Å². The van der Waals surface area contributed by atoms with Crippen molar-refractivity contribution >= 4 is 23.9 Å². The lowest BCUT2D eigenvalue weighted by atomic mass is 9.86. The number of Topliss-reactive ketones (excluding diaryl/α,β-unsaturated/α-hetero) is 2. The maximum Gasteiger partial charge on any atom is 0.409 e. The van der Waals surface area contributed by atoms with Crippen LogP contribution in [0.25, 0.3) is 0 Å². The Morgan fingerprint density at radius 3 is 2.00 bits per heavy atom. The van der Waals surface area contributed by atoms with E-state index in [1.54, 1.807) is 13.8 Å². The number of ketones is 2. The molecule has 12 nitrogen and oxygen atoms in total. The van der Waals surface area contributed by atoms with E-state index in [1.165, 1.54) is 28.4 Å². The van der Waals surface area contributed by atoms with Gasteiger partial charge in [-0.2, -0.15) is 0 Å². The van der Waals surface area contributed by atoms with Crippen molar-refractivity contribution in [2.24, 2.45) is 0 Å². The van der Waals surface area contributed by atoms with Crippen LogP contribution in [-0.4, -0.2) is 76.4 Å². The number of carbonyl (C=O) groups is 4. The summed E-state index contributed by atoms with van der Waals surface area (Å²) in [6.45, 7) is 2.97. The molecule has 0 aliphatic rings. The standard InChI is InChI=1S/C28H35NO11/c1-16(2)40-28(34)29-27(33)22(32)20(15-39-14-17-10-8-7-9-11-17)21-19(12-18(31)13-30)23(35-3)25(37-5)26(38-6)24(21)36-4/h7-11,13,16,20,27,33H,12,14-15H2,1-6H3,(H,29,34)/t20-,27?/m0/s1. The zero-order chi connectivity index (χ0) is 29.8. The maximum atomic E-state index is 13.7. The molecule has 1 unspecified atom stereocenters. The van der Waals surface area contributed by atoms with Gasteiger partial charge < -0.3 is 33.5 Å². The van der Waals surface area contributed by atoms with Crippen LogP contribution in [0.15, 0.2) is 30.3 Å². The zero-order valence-corrected chi connectivity index (χ0v) is 23.3. The molecule has 0 fully saturated rings. The smallest absolute Gasteiger partial charge is 0.409 e. The number of hydrogen-bond donors (Lipinski definition) is 2. The van der Waals surface area contributed by atoms with Gasteiger partial charge in [0.25, 0.3) is 0 Å². The number of aldehydes is 1. The minimum Gasteiger partial charge on any atom is -0.492 e. The van der Waals surface area contributed by atoms with Gasteiger partial charge in [-0.3, -0.25) is 19.7 Å². The summed E-state index contributed by atoms with van der Waals surface area (Å²) in [7, 11) is 5.29. The molecule has 2 atom stereocenters. The van der Waals surface area contributed by atoms with E-state index in [0.717, 1.165) is 5.56 Å². The minimum atomic E-state index is -2.03. The van der Waals surface area contributed by atoms with Gasteiger partial charge >= 0.3 is 6.09 Å². The first-order valence-corrected chi connectivity index (χ1v) is 12.3. The van der Waals surface area contributed by atoms with Gasteiger partial charge in [0.15, 0.2) is 35.6 Å². The Kier molecular flexibility index (Phi) is 12.4. The molecule has 0 bridgehead atoms. The summed E-state index contributed by atoms with van der Waals surface area (Å²) in [5.74, 6) is -3.03. The number of rotatable bonds is 16. The van der Waals surface area contributed by atoms with Crippen LogP contribution < -0.4 is 24.3 Å². The van der Waals surface area contributed by atoms with E-state index in [1.807, 2.05) is 30.3 Å². The van der Waals surface area contributed by atoms with Gasteiger partial charge in [-0.05, 0) is 19.4 Å². The van der Waals surface area contributed by atoms with Crippen molar-refractivity contribution in [3.8, 4) is 23.0 Å². The van der Waals surface area contributed by atoms with Crippen LogP contribution in [-0.2, 0) is 36.9 Å². The van der Waals surface area contributed by atoms with Gasteiger partial charge in [0, 0.05) is 17.5 Å². The molecule has 12 heteroatoms. The number of hydrogen-bond acceptors (Lipinski definition) is 11. The van der Waals surface area contributed by atoms with Gasteiger partial charge in [0.1, 0.15) is 0 Å². The molecule has 2 N–H and O–H groups in total. The Morgan fingerprint density at radius 1 is 0.900 bits per heavy atom. The summed E-state index contributed by atoms with van der Waals surface area (Å²) in [5, 5.41) is 12.8. The fourth-order valence-corrected chi connectivity index (χ4v) is 4.07. The van der Waals surface area contributed by atoms with Crippen LogP contribution in [0, 0.1) is 0 Å². The van der Waals surface area contributed by atoms with Crippen LogP contribution in [0.1, 0.15) is 36.5 Å². The Labute approximate surface area is 232 Å². The first-order chi connectivity index (χ1) is 19.1. The van der Waals surface area contributed by atoms with Crippen LogP contribution in [0.4, 0.5) is 4.79 Å². The molecule has 2 aromatic rings. The van der Waals surface area contributed by atoms with Crippen LogP contribution in [0.3, 0.4) is 0 Å². The summed E-state index contributed by atoms with van der Waals surface area (Å²) in [6.07, 6.45) is -3.93. The topological polar surface area (TPSA) is 156 Å². The highest BCUT2D eigenvalue weighted by atomic mass is 16.6. The molecule has 0 aliphatic carbocycles. The number of benzene rings is 2. The van der Waals surface area contributed by atoms with Gasteiger partial charge in [-0.1, -0.05) is 30.3 Å². The Bertz CT molecular complexity index is 1180. The molecule has 2 rings (SSSR count). The minimum absolute atomic E-state index is 0.00729. The fraction of sp³-hybridized carbons (Fsp3) is 0.429. The third-order valence-electron chi connectivity index (χ3n) is 5.72. The van der Waals surface area contributed by atoms with E-state index in [9.17, 15) is 24.3 Å². The normalized spacial score (nSPS) is 12.2. The lowest BCUT2D eigenvalue weighted by molar-refractivity contribution is -0.131. The first-order valence-electron chi connectivity index (χ1n) is 12.3. The summed E-state index contributed by atoms with van der Waals surface area (Å²) in [6, 6.07) is 9.12. The summed E-state index contributed by atoms with van der Waals surface area (Å²) >= 11 is 0. The van der Waals surface area contributed by atoms with Gasteiger partial charge in [-0.25, -0.2) is 4.79 Å². The molecule has 2 aromatic carbocycles. The highest BCUT2D eigenvalue weighted by Gasteiger charge is 2.38. The van der Waals surface area contributed by atoms with Crippen molar-refractivity contribution in [1.29, 1.82) is 0 Å². The second-order valence-electron chi connectivity index (χ2n) is 8.74. The van der Waals surface area contributed by atoms with Crippen molar-refractivity contribution in [2.75, 3.05) is 35.0 Å². The number of ether oxygens (including phenoxy) is 6.